The monoisotopic (exact) mass is 210 g/mol. The molecular weight excluding hydrogens is 192 g/mol. The Morgan fingerprint density at radius 2 is 2.20 bits per heavy atom. The normalized spacial score (nSPS) is 25.3. The summed E-state index contributed by atoms with van der Waals surface area (Å²) in [6.45, 7) is 5.39. The van der Waals surface area contributed by atoms with Crippen molar-refractivity contribution in [3.8, 4) is 0 Å². The van der Waals surface area contributed by atoms with Crippen molar-refractivity contribution in [3.63, 3.8) is 0 Å². The summed E-state index contributed by atoms with van der Waals surface area (Å²) in [4.78, 5) is 0. The number of aromatic nitrogens is 3. The predicted molar refractivity (Wildman–Crippen MR) is 58.3 cm³/mol. The zero-order chi connectivity index (χ0) is 11.1. The second-order valence-corrected chi connectivity index (χ2v) is 4.77. The number of hydrogen-bond acceptors (Lipinski definition) is 5. The lowest BCUT2D eigenvalue weighted by molar-refractivity contribution is 0.172. The van der Waals surface area contributed by atoms with E-state index in [1.165, 1.54) is 11.1 Å². The highest BCUT2D eigenvalue weighted by Gasteiger charge is 2.36. The molecule has 1 aromatic rings. The molecule has 1 atom stereocenters. The van der Waals surface area contributed by atoms with Gasteiger partial charge in [-0.1, -0.05) is 13.8 Å². The highest BCUT2D eigenvalue weighted by Crippen LogP contribution is 2.39. The maximum absolute atomic E-state index is 5.78. The fraction of sp³-hybridized carbons (Fsp3) is 0.778. The molecule has 0 spiro atoms. The molecule has 2 rings (SSSR count). The van der Waals surface area contributed by atoms with Crippen LogP contribution in [0.3, 0.4) is 0 Å². The van der Waals surface area contributed by atoms with Crippen LogP contribution in [0.1, 0.15) is 38.6 Å². The van der Waals surface area contributed by atoms with Gasteiger partial charge in [0.05, 0.1) is 6.04 Å². The van der Waals surface area contributed by atoms with Crippen molar-refractivity contribution in [2.45, 2.75) is 32.7 Å². The van der Waals surface area contributed by atoms with Gasteiger partial charge in [0.25, 0.3) is 0 Å². The standard InChI is InChI=1S/C9H18N6/c1-9(2)4-3-5-12-6(9)7-13-14-8(10)15(7)11/h6,12H,3-5,11H2,1-2H3,(H2,10,14). The first-order valence-corrected chi connectivity index (χ1v) is 5.21. The summed E-state index contributed by atoms with van der Waals surface area (Å²) in [6, 6.07) is 0.126. The van der Waals surface area contributed by atoms with Gasteiger partial charge in [-0.3, -0.25) is 0 Å². The Labute approximate surface area is 89.0 Å². The largest absolute Gasteiger partial charge is 0.366 e. The maximum atomic E-state index is 5.78. The van der Waals surface area contributed by atoms with Crippen molar-refractivity contribution in [1.82, 2.24) is 20.2 Å². The second-order valence-electron chi connectivity index (χ2n) is 4.77. The van der Waals surface area contributed by atoms with E-state index in [1.807, 2.05) is 0 Å². The highest BCUT2D eigenvalue weighted by atomic mass is 15.5. The minimum atomic E-state index is 0.126. The zero-order valence-corrected chi connectivity index (χ0v) is 9.20. The van der Waals surface area contributed by atoms with Gasteiger partial charge >= 0.3 is 0 Å². The smallest absolute Gasteiger partial charge is 0.240 e. The summed E-state index contributed by atoms with van der Waals surface area (Å²) in [5.41, 5.74) is 5.71. The van der Waals surface area contributed by atoms with Crippen molar-refractivity contribution in [2.24, 2.45) is 5.41 Å². The van der Waals surface area contributed by atoms with E-state index in [9.17, 15) is 0 Å². The molecule has 15 heavy (non-hydrogen) atoms. The van der Waals surface area contributed by atoms with Crippen molar-refractivity contribution in [1.29, 1.82) is 0 Å². The fourth-order valence-corrected chi connectivity index (χ4v) is 2.16. The molecule has 6 heteroatoms. The number of nitrogen functional groups attached to an aromatic ring is 2. The maximum Gasteiger partial charge on any atom is 0.240 e. The van der Waals surface area contributed by atoms with Crippen LogP contribution in [0.2, 0.25) is 0 Å². The van der Waals surface area contributed by atoms with Crippen LogP contribution in [-0.2, 0) is 0 Å². The molecule has 0 amide bonds. The third kappa shape index (κ3) is 1.65. The number of nitrogens with zero attached hydrogens (tertiary/aromatic N) is 3. The molecule has 1 aliphatic rings. The summed E-state index contributed by atoms with van der Waals surface area (Å²) in [5, 5.41) is 11.2. The Bertz CT molecular complexity index is 355. The van der Waals surface area contributed by atoms with Crippen molar-refractivity contribution in [2.75, 3.05) is 18.1 Å². The van der Waals surface area contributed by atoms with Crippen LogP contribution >= 0.6 is 0 Å². The SMILES string of the molecule is CC1(C)CCCNC1c1nnc(N)n1N. The molecular formula is C9H18N6. The van der Waals surface area contributed by atoms with Gasteiger partial charge < -0.3 is 16.9 Å². The lowest BCUT2D eigenvalue weighted by Crippen LogP contribution is -2.42. The van der Waals surface area contributed by atoms with E-state index in [4.69, 9.17) is 11.6 Å². The van der Waals surface area contributed by atoms with E-state index < -0.39 is 0 Å². The number of nitrogens with one attached hydrogen (secondary N) is 1. The highest BCUT2D eigenvalue weighted by molar-refractivity contribution is 5.20. The average molecular weight is 210 g/mol. The lowest BCUT2D eigenvalue weighted by atomic mass is 9.77. The minimum Gasteiger partial charge on any atom is -0.366 e. The Morgan fingerprint density at radius 3 is 2.73 bits per heavy atom. The Morgan fingerprint density at radius 1 is 1.47 bits per heavy atom. The topological polar surface area (TPSA) is 94.8 Å². The van der Waals surface area contributed by atoms with E-state index in [0.29, 0.717) is 0 Å². The molecule has 1 aliphatic heterocycles. The quantitative estimate of drug-likeness (QED) is 0.568. The van der Waals surface area contributed by atoms with Gasteiger partial charge in [0, 0.05) is 0 Å². The molecule has 6 nitrogen and oxygen atoms in total. The molecule has 1 saturated heterocycles. The average Bonchev–Trinajstić information content (AvgIpc) is 2.48. The number of piperidine rings is 1. The molecule has 2 heterocycles. The van der Waals surface area contributed by atoms with Crippen LogP contribution in [0.4, 0.5) is 5.95 Å². The summed E-state index contributed by atoms with van der Waals surface area (Å²) >= 11 is 0. The summed E-state index contributed by atoms with van der Waals surface area (Å²) in [6.07, 6.45) is 2.33. The molecule has 5 N–H and O–H groups in total. The summed E-state index contributed by atoms with van der Waals surface area (Å²) in [5.74, 6) is 6.76. The van der Waals surface area contributed by atoms with Crippen molar-refractivity contribution >= 4 is 5.95 Å². The third-order valence-electron chi connectivity index (χ3n) is 3.13. The van der Waals surface area contributed by atoms with E-state index in [1.54, 1.807) is 0 Å². The molecule has 0 aliphatic carbocycles. The first-order valence-electron chi connectivity index (χ1n) is 5.21. The second kappa shape index (κ2) is 3.37. The molecule has 1 unspecified atom stereocenters. The molecule has 1 fully saturated rings. The fourth-order valence-electron chi connectivity index (χ4n) is 2.16. The van der Waals surface area contributed by atoms with E-state index >= 15 is 0 Å². The first-order chi connectivity index (χ1) is 7.02. The Hall–Kier alpha value is -1.30. The van der Waals surface area contributed by atoms with Crippen LogP contribution in [-0.4, -0.2) is 21.4 Å². The predicted octanol–water partition coefficient (Wildman–Crippen LogP) is 0.0248. The van der Waals surface area contributed by atoms with Gasteiger partial charge in [-0.25, -0.2) is 4.68 Å². The van der Waals surface area contributed by atoms with E-state index in [-0.39, 0.29) is 17.4 Å². The van der Waals surface area contributed by atoms with Gasteiger partial charge in [0.2, 0.25) is 5.95 Å². The van der Waals surface area contributed by atoms with E-state index in [2.05, 4.69) is 29.4 Å². The zero-order valence-electron chi connectivity index (χ0n) is 9.20. The third-order valence-corrected chi connectivity index (χ3v) is 3.13. The van der Waals surface area contributed by atoms with E-state index in [0.717, 1.165) is 18.8 Å². The Balaban J connectivity index is 2.33. The Kier molecular flexibility index (Phi) is 2.30. The molecule has 0 saturated carbocycles. The van der Waals surface area contributed by atoms with Gasteiger partial charge in [-0.2, -0.15) is 0 Å². The minimum absolute atomic E-state index is 0.126. The van der Waals surface area contributed by atoms with Crippen LogP contribution in [0, 0.1) is 5.41 Å². The van der Waals surface area contributed by atoms with Gasteiger partial charge in [0.15, 0.2) is 5.82 Å². The van der Waals surface area contributed by atoms with Gasteiger partial charge in [-0.15, -0.1) is 10.2 Å². The molecule has 1 aromatic heterocycles. The molecule has 0 aromatic carbocycles. The van der Waals surface area contributed by atoms with Crippen molar-refractivity contribution in [3.05, 3.63) is 5.82 Å². The molecule has 0 radical (unpaired) electrons. The molecule has 0 bridgehead atoms. The lowest BCUT2D eigenvalue weighted by Gasteiger charge is -2.38. The van der Waals surface area contributed by atoms with Crippen LogP contribution in [0.15, 0.2) is 0 Å². The number of anilines is 1. The number of hydrogen-bond donors (Lipinski definition) is 3. The van der Waals surface area contributed by atoms with Gasteiger partial charge in [0.1, 0.15) is 0 Å². The molecule has 84 valence electrons. The number of rotatable bonds is 1. The van der Waals surface area contributed by atoms with Crippen LogP contribution < -0.4 is 16.9 Å². The van der Waals surface area contributed by atoms with Gasteiger partial charge in [-0.05, 0) is 24.8 Å². The summed E-state index contributed by atoms with van der Waals surface area (Å²) in [7, 11) is 0. The number of nitrogens with two attached hydrogens (primary N) is 2. The summed E-state index contributed by atoms with van der Waals surface area (Å²) < 4.78 is 1.37. The van der Waals surface area contributed by atoms with Crippen LogP contribution in [0.25, 0.3) is 0 Å². The first kappa shape index (κ1) is 10.2. The van der Waals surface area contributed by atoms with Crippen molar-refractivity contribution < 1.29 is 0 Å². The van der Waals surface area contributed by atoms with Crippen LogP contribution in [0.5, 0.6) is 0 Å².